The molecule has 2 aliphatic carbocycles. The van der Waals surface area contributed by atoms with Crippen LogP contribution in [0.3, 0.4) is 0 Å². The average molecular weight is 168 g/mol. The maximum atomic E-state index is 11.1. The van der Waals surface area contributed by atoms with E-state index in [4.69, 9.17) is 5.11 Å². The van der Waals surface area contributed by atoms with Crippen molar-refractivity contribution in [1.82, 2.24) is 0 Å². The standard InChI is InChI=1S/C10H16O2/c1-7-5-10(6-7,9(11)12)8-3-2-4-8/h7-8H,2-6H2,1H3,(H,11,12). The van der Waals surface area contributed by atoms with Crippen LogP contribution in [0.25, 0.3) is 0 Å². The summed E-state index contributed by atoms with van der Waals surface area (Å²) in [5.74, 6) is 0.609. The van der Waals surface area contributed by atoms with Gasteiger partial charge in [0.25, 0.3) is 0 Å². The highest BCUT2D eigenvalue weighted by atomic mass is 16.4. The third-order valence-corrected chi connectivity index (χ3v) is 3.74. The summed E-state index contributed by atoms with van der Waals surface area (Å²) < 4.78 is 0. The molecule has 2 aliphatic rings. The molecule has 68 valence electrons. The van der Waals surface area contributed by atoms with Crippen molar-refractivity contribution in [2.75, 3.05) is 0 Å². The Labute approximate surface area is 73.0 Å². The molecule has 0 bridgehead atoms. The molecule has 2 nitrogen and oxygen atoms in total. The minimum absolute atomic E-state index is 0.294. The number of carboxylic acids is 1. The molecule has 0 aliphatic heterocycles. The van der Waals surface area contributed by atoms with E-state index in [0.717, 1.165) is 25.7 Å². The van der Waals surface area contributed by atoms with Crippen LogP contribution in [-0.2, 0) is 4.79 Å². The van der Waals surface area contributed by atoms with E-state index in [1.165, 1.54) is 6.42 Å². The largest absolute Gasteiger partial charge is 0.481 e. The molecular weight excluding hydrogens is 152 g/mol. The second kappa shape index (κ2) is 2.48. The summed E-state index contributed by atoms with van der Waals surface area (Å²) in [7, 11) is 0. The van der Waals surface area contributed by atoms with Crippen LogP contribution < -0.4 is 0 Å². The van der Waals surface area contributed by atoms with Crippen molar-refractivity contribution in [3.63, 3.8) is 0 Å². The van der Waals surface area contributed by atoms with E-state index in [0.29, 0.717) is 11.8 Å². The van der Waals surface area contributed by atoms with Gasteiger partial charge in [-0.2, -0.15) is 0 Å². The Morgan fingerprint density at radius 1 is 1.42 bits per heavy atom. The van der Waals surface area contributed by atoms with Gasteiger partial charge in [0, 0.05) is 0 Å². The lowest BCUT2D eigenvalue weighted by Crippen LogP contribution is -2.50. The van der Waals surface area contributed by atoms with Gasteiger partial charge >= 0.3 is 5.97 Å². The van der Waals surface area contributed by atoms with Crippen molar-refractivity contribution >= 4 is 5.97 Å². The number of carbonyl (C=O) groups is 1. The van der Waals surface area contributed by atoms with Crippen LogP contribution in [0.4, 0.5) is 0 Å². The predicted octanol–water partition coefficient (Wildman–Crippen LogP) is 2.29. The third-order valence-electron chi connectivity index (χ3n) is 3.74. The summed E-state index contributed by atoms with van der Waals surface area (Å²) in [5, 5.41) is 9.14. The van der Waals surface area contributed by atoms with Crippen molar-refractivity contribution in [2.24, 2.45) is 17.3 Å². The Morgan fingerprint density at radius 2 is 2.00 bits per heavy atom. The maximum Gasteiger partial charge on any atom is 0.309 e. The SMILES string of the molecule is CC1CC(C(=O)O)(C2CCC2)C1. The third kappa shape index (κ3) is 0.900. The summed E-state index contributed by atoms with van der Waals surface area (Å²) in [4.78, 5) is 11.1. The highest BCUT2D eigenvalue weighted by molar-refractivity contribution is 5.76. The van der Waals surface area contributed by atoms with Crippen molar-refractivity contribution in [3.05, 3.63) is 0 Å². The molecule has 0 spiro atoms. The second-order valence-electron chi connectivity index (χ2n) is 4.60. The molecular formula is C10H16O2. The Morgan fingerprint density at radius 3 is 2.25 bits per heavy atom. The van der Waals surface area contributed by atoms with Crippen molar-refractivity contribution in [3.8, 4) is 0 Å². The van der Waals surface area contributed by atoms with Crippen LogP contribution in [0, 0.1) is 17.3 Å². The van der Waals surface area contributed by atoms with Crippen molar-refractivity contribution in [1.29, 1.82) is 0 Å². The summed E-state index contributed by atoms with van der Waals surface area (Å²) in [6.45, 7) is 2.15. The molecule has 0 aromatic heterocycles. The van der Waals surface area contributed by atoms with Crippen LogP contribution in [0.5, 0.6) is 0 Å². The van der Waals surface area contributed by atoms with Gasteiger partial charge < -0.3 is 5.11 Å². The molecule has 0 heterocycles. The van der Waals surface area contributed by atoms with E-state index in [9.17, 15) is 4.79 Å². The lowest BCUT2D eigenvalue weighted by molar-refractivity contribution is -0.168. The Bertz CT molecular complexity index is 200. The molecule has 0 amide bonds. The first-order valence-corrected chi connectivity index (χ1v) is 4.88. The highest BCUT2D eigenvalue weighted by Gasteiger charge is 2.55. The zero-order valence-corrected chi connectivity index (χ0v) is 7.55. The number of carboxylic acid groups (broad SMARTS) is 1. The van der Waals surface area contributed by atoms with Gasteiger partial charge in [0.2, 0.25) is 0 Å². The van der Waals surface area contributed by atoms with E-state index < -0.39 is 5.97 Å². The zero-order valence-electron chi connectivity index (χ0n) is 7.55. The first-order valence-electron chi connectivity index (χ1n) is 4.88. The van der Waals surface area contributed by atoms with Crippen molar-refractivity contribution < 1.29 is 9.90 Å². The lowest BCUT2D eigenvalue weighted by Gasteiger charge is -2.51. The normalized spacial score (nSPS) is 41.6. The topological polar surface area (TPSA) is 37.3 Å². The van der Waals surface area contributed by atoms with Gasteiger partial charge in [-0.3, -0.25) is 4.79 Å². The average Bonchev–Trinajstić information content (AvgIpc) is 1.78. The molecule has 2 saturated carbocycles. The van der Waals surface area contributed by atoms with Crippen LogP contribution in [0.15, 0.2) is 0 Å². The Balaban J connectivity index is 2.07. The fourth-order valence-corrected chi connectivity index (χ4v) is 2.83. The fraction of sp³-hybridized carbons (Fsp3) is 0.900. The van der Waals surface area contributed by atoms with Gasteiger partial charge in [-0.1, -0.05) is 13.3 Å². The molecule has 2 heteroatoms. The van der Waals surface area contributed by atoms with Crippen molar-refractivity contribution in [2.45, 2.75) is 39.0 Å². The molecule has 12 heavy (non-hydrogen) atoms. The van der Waals surface area contributed by atoms with Crippen LogP contribution in [-0.4, -0.2) is 11.1 Å². The Hall–Kier alpha value is -0.530. The molecule has 1 N–H and O–H groups in total. The molecule has 0 radical (unpaired) electrons. The monoisotopic (exact) mass is 168 g/mol. The number of hydrogen-bond acceptors (Lipinski definition) is 1. The summed E-state index contributed by atoms with van der Waals surface area (Å²) in [6.07, 6.45) is 5.39. The van der Waals surface area contributed by atoms with E-state index in [2.05, 4.69) is 6.92 Å². The molecule has 0 saturated heterocycles. The first kappa shape index (κ1) is 8.09. The predicted molar refractivity (Wildman–Crippen MR) is 45.8 cm³/mol. The van der Waals surface area contributed by atoms with Crippen LogP contribution >= 0.6 is 0 Å². The summed E-state index contributed by atoms with van der Waals surface area (Å²) in [5.41, 5.74) is -0.294. The van der Waals surface area contributed by atoms with E-state index in [-0.39, 0.29) is 5.41 Å². The number of rotatable bonds is 2. The number of aliphatic carboxylic acids is 1. The summed E-state index contributed by atoms with van der Waals surface area (Å²) in [6, 6.07) is 0. The van der Waals surface area contributed by atoms with Gasteiger partial charge in [-0.05, 0) is 37.5 Å². The molecule has 0 aromatic carbocycles. The van der Waals surface area contributed by atoms with Gasteiger partial charge in [-0.25, -0.2) is 0 Å². The molecule has 2 fully saturated rings. The van der Waals surface area contributed by atoms with Gasteiger partial charge in [-0.15, -0.1) is 0 Å². The molecule has 0 unspecified atom stereocenters. The fourth-order valence-electron chi connectivity index (χ4n) is 2.83. The van der Waals surface area contributed by atoms with E-state index in [1.54, 1.807) is 0 Å². The Kier molecular flexibility index (Phi) is 1.67. The van der Waals surface area contributed by atoms with Gasteiger partial charge in [0.05, 0.1) is 5.41 Å². The van der Waals surface area contributed by atoms with E-state index in [1.807, 2.05) is 0 Å². The molecule has 0 aromatic rings. The minimum Gasteiger partial charge on any atom is -0.481 e. The van der Waals surface area contributed by atoms with Gasteiger partial charge in [0.15, 0.2) is 0 Å². The number of hydrogen-bond donors (Lipinski definition) is 1. The zero-order chi connectivity index (χ0) is 8.77. The maximum absolute atomic E-state index is 11.1. The van der Waals surface area contributed by atoms with Crippen LogP contribution in [0.1, 0.15) is 39.0 Å². The lowest BCUT2D eigenvalue weighted by atomic mass is 9.52. The van der Waals surface area contributed by atoms with E-state index >= 15 is 0 Å². The summed E-state index contributed by atoms with van der Waals surface area (Å²) >= 11 is 0. The first-order chi connectivity index (χ1) is 5.65. The van der Waals surface area contributed by atoms with Crippen LogP contribution in [0.2, 0.25) is 0 Å². The van der Waals surface area contributed by atoms with Gasteiger partial charge in [0.1, 0.15) is 0 Å². The highest BCUT2D eigenvalue weighted by Crippen LogP contribution is 2.56. The second-order valence-corrected chi connectivity index (χ2v) is 4.60. The quantitative estimate of drug-likeness (QED) is 0.686. The smallest absolute Gasteiger partial charge is 0.309 e. The molecule has 2 rings (SSSR count). The minimum atomic E-state index is -0.537. The molecule has 0 atom stereocenters.